The van der Waals surface area contributed by atoms with Crippen molar-refractivity contribution < 1.29 is 0 Å². The van der Waals surface area contributed by atoms with Gasteiger partial charge in [-0.25, -0.2) is 4.98 Å². The van der Waals surface area contributed by atoms with Gasteiger partial charge in [0.15, 0.2) is 0 Å². The minimum Gasteiger partial charge on any atom is -0.368 e. The number of nitrogens with one attached hydrogen (secondary N) is 1. The zero-order chi connectivity index (χ0) is 13.0. The van der Waals surface area contributed by atoms with E-state index in [4.69, 9.17) is 5.26 Å². The van der Waals surface area contributed by atoms with Gasteiger partial charge in [-0.15, -0.1) is 0 Å². The van der Waals surface area contributed by atoms with Crippen molar-refractivity contribution in [3.63, 3.8) is 0 Å². The lowest BCUT2D eigenvalue weighted by Gasteiger charge is -2.37. The maximum absolute atomic E-state index is 8.70. The summed E-state index contributed by atoms with van der Waals surface area (Å²) in [5.41, 5.74) is 0.593. The number of nitriles is 1. The lowest BCUT2D eigenvalue weighted by Crippen LogP contribution is -2.52. The van der Waals surface area contributed by atoms with Gasteiger partial charge in [0.05, 0.1) is 5.56 Å². The van der Waals surface area contributed by atoms with Gasteiger partial charge in [-0.05, 0) is 26.2 Å². The van der Waals surface area contributed by atoms with E-state index in [-0.39, 0.29) is 0 Å². The fraction of sp³-hybridized carbons (Fsp3) is 0.538. The van der Waals surface area contributed by atoms with Crippen molar-refractivity contribution in [2.24, 2.45) is 0 Å². The molecule has 1 N–H and O–H groups in total. The molecule has 5 heteroatoms. The molecule has 2 rings (SSSR count). The Balaban J connectivity index is 1.88. The summed E-state index contributed by atoms with van der Waals surface area (Å²) in [6, 6.07) is 6.20. The Hall–Kier alpha value is -1.64. The van der Waals surface area contributed by atoms with E-state index >= 15 is 0 Å². The number of rotatable bonds is 3. The van der Waals surface area contributed by atoms with Crippen LogP contribution in [0.15, 0.2) is 18.3 Å². The molecule has 0 bridgehead atoms. The summed E-state index contributed by atoms with van der Waals surface area (Å²) in [6.45, 7) is 4.17. The van der Waals surface area contributed by atoms with Crippen molar-refractivity contribution in [2.75, 3.05) is 45.6 Å². The molecule has 1 fully saturated rings. The normalized spacial score (nSPS) is 21.5. The number of piperazine rings is 1. The van der Waals surface area contributed by atoms with Crippen LogP contribution >= 0.6 is 0 Å². The van der Waals surface area contributed by atoms with Gasteiger partial charge >= 0.3 is 0 Å². The van der Waals surface area contributed by atoms with Crippen LogP contribution in [0.3, 0.4) is 0 Å². The molecular weight excluding hydrogens is 226 g/mol. The molecule has 1 unspecified atom stereocenters. The Morgan fingerprint density at radius 3 is 2.94 bits per heavy atom. The Bertz CT molecular complexity index is 422. The van der Waals surface area contributed by atoms with Crippen LogP contribution in [0.1, 0.15) is 5.56 Å². The van der Waals surface area contributed by atoms with E-state index in [0.717, 1.165) is 32.0 Å². The van der Waals surface area contributed by atoms with Crippen molar-refractivity contribution in [3.05, 3.63) is 23.9 Å². The van der Waals surface area contributed by atoms with Crippen LogP contribution in [0.2, 0.25) is 0 Å². The van der Waals surface area contributed by atoms with Crippen LogP contribution in [0.5, 0.6) is 0 Å². The average molecular weight is 245 g/mol. The zero-order valence-electron chi connectivity index (χ0n) is 10.9. The van der Waals surface area contributed by atoms with Gasteiger partial charge in [0.25, 0.3) is 0 Å². The highest BCUT2D eigenvalue weighted by molar-refractivity contribution is 5.39. The van der Waals surface area contributed by atoms with Crippen molar-refractivity contribution in [1.29, 1.82) is 5.26 Å². The average Bonchev–Trinajstić information content (AvgIpc) is 2.40. The fourth-order valence-corrected chi connectivity index (χ4v) is 2.11. The van der Waals surface area contributed by atoms with Crippen molar-refractivity contribution in [1.82, 2.24) is 14.8 Å². The molecule has 0 amide bonds. The first-order valence-corrected chi connectivity index (χ1v) is 6.18. The maximum atomic E-state index is 8.70. The van der Waals surface area contributed by atoms with Crippen LogP contribution in [-0.4, -0.2) is 61.1 Å². The third-order valence-electron chi connectivity index (χ3n) is 3.39. The number of hydrogen-bond donors (Lipinski definition) is 1. The fourth-order valence-electron chi connectivity index (χ4n) is 2.11. The van der Waals surface area contributed by atoms with Crippen LogP contribution in [0, 0.1) is 11.3 Å². The Morgan fingerprint density at radius 1 is 1.44 bits per heavy atom. The van der Waals surface area contributed by atoms with Crippen LogP contribution < -0.4 is 5.32 Å². The molecule has 0 saturated carbocycles. The predicted molar refractivity (Wildman–Crippen MR) is 71.4 cm³/mol. The molecule has 96 valence electrons. The highest BCUT2D eigenvalue weighted by Gasteiger charge is 2.21. The summed E-state index contributed by atoms with van der Waals surface area (Å²) in [4.78, 5) is 8.93. The second-order valence-corrected chi connectivity index (χ2v) is 4.82. The molecule has 0 spiro atoms. The molecule has 0 aliphatic carbocycles. The predicted octanol–water partition coefficient (Wildman–Crippen LogP) is 0.611. The molecule has 18 heavy (non-hydrogen) atoms. The molecule has 5 nitrogen and oxygen atoms in total. The van der Waals surface area contributed by atoms with E-state index in [1.165, 1.54) is 0 Å². The molecule has 1 atom stereocenters. The maximum Gasteiger partial charge on any atom is 0.126 e. The lowest BCUT2D eigenvalue weighted by molar-refractivity contribution is 0.122. The standard InChI is InChI=1S/C13H19N5/c1-17-5-6-18(2)12(10-17)9-16-13-4-3-11(7-14)8-15-13/h3-4,8,12H,5-6,9-10H2,1-2H3,(H,15,16). The summed E-state index contributed by atoms with van der Waals surface area (Å²) < 4.78 is 0. The van der Waals surface area contributed by atoms with E-state index in [1.54, 1.807) is 12.3 Å². The number of aromatic nitrogens is 1. The summed E-state index contributed by atoms with van der Waals surface area (Å²) in [5, 5.41) is 12.0. The summed E-state index contributed by atoms with van der Waals surface area (Å²) >= 11 is 0. The van der Waals surface area contributed by atoms with E-state index in [1.807, 2.05) is 6.07 Å². The third-order valence-corrected chi connectivity index (χ3v) is 3.39. The van der Waals surface area contributed by atoms with E-state index < -0.39 is 0 Å². The molecule has 0 aromatic carbocycles. The molecule has 1 aromatic heterocycles. The van der Waals surface area contributed by atoms with Gasteiger partial charge in [-0.1, -0.05) is 0 Å². The second-order valence-electron chi connectivity index (χ2n) is 4.82. The van der Waals surface area contributed by atoms with Crippen LogP contribution in [0.25, 0.3) is 0 Å². The van der Waals surface area contributed by atoms with Gasteiger partial charge in [0.1, 0.15) is 11.9 Å². The van der Waals surface area contributed by atoms with Gasteiger partial charge in [0, 0.05) is 38.4 Å². The Kier molecular flexibility index (Phi) is 4.13. The van der Waals surface area contributed by atoms with E-state index in [9.17, 15) is 0 Å². The van der Waals surface area contributed by atoms with Crippen LogP contribution in [0.4, 0.5) is 5.82 Å². The van der Waals surface area contributed by atoms with Crippen molar-refractivity contribution in [3.8, 4) is 6.07 Å². The molecule has 1 aromatic rings. The number of hydrogen-bond acceptors (Lipinski definition) is 5. The minimum atomic E-state index is 0.501. The molecule has 1 aliphatic heterocycles. The molecule has 2 heterocycles. The SMILES string of the molecule is CN1CCN(C)C(CNc2ccc(C#N)cn2)C1. The lowest BCUT2D eigenvalue weighted by atomic mass is 10.2. The molecular formula is C13H19N5. The number of likely N-dealkylation sites (N-methyl/N-ethyl adjacent to an activating group) is 2. The smallest absolute Gasteiger partial charge is 0.126 e. The summed E-state index contributed by atoms with van der Waals surface area (Å²) in [7, 11) is 4.31. The minimum absolute atomic E-state index is 0.501. The molecule has 1 saturated heterocycles. The van der Waals surface area contributed by atoms with E-state index in [0.29, 0.717) is 11.6 Å². The van der Waals surface area contributed by atoms with Gasteiger partial charge in [-0.3, -0.25) is 4.90 Å². The number of pyridine rings is 1. The third kappa shape index (κ3) is 3.19. The zero-order valence-corrected chi connectivity index (χ0v) is 10.9. The first-order valence-electron chi connectivity index (χ1n) is 6.18. The van der Waals surface area contributed by atoms with Gasteiger partial charge in [0.2, 0.25) is 0 Å². The highest BCUT2D eigenvalue weighted by Crippen LogP contribution is 2.08. The number of anilines is 1. The van der Waals surface area contributed by atoms with Crippen molar-refractivity contribution in [2.45, 2.75) is 6.04 Å². The summed E-state index contributed by atoms with van der Waals surface area (Å²) in [5.74, 6) is 0.829. The topological polar surface area (TPSA) is 55.2 Å². The summed E-state index contributed by atoms with van der Waals surface area (Å²) in [6.07, 6.45) is 1.60. The monoisotopic (exact) mass is 245 g/mol. The van der Waals surface area contributed by atoms with E-state index in [2.05, 4.69) is 40.3 Å². The first kappa shape index (κ1) is 12.8. The molecule has 1 aliphatic rings. The van der Waals surface area contributed by atoms with Crippen LogP contribution in [-0.2, 0) is 0 Å². The number of nitrogens with zero attached hydrogens (tertiary/aromatic N) is 4. The largest absolute Gasteiger partial charge is 0.368 e. The highest BCUT2D eigenvalue weighted by atomic mass is 15.3. The Labute approximate surface area is 108 Å². The Morgan fingerprint density at radius 2 is 2.28 bits per heavy atom. The quantitative estimate of drug-likeness (QED) is 0.845. The van der Waals surface area contributed by atoms with Gasteiger partial charge in [-0.2, -0.15) is 5.26 Å². The second kappa shape index (κ2) is 5.80. The molecule has 0 radical (unpaired) electrons. The van der Waals surface area contributed by atoms with Crippen molar-refractivity contribution >= 4 is 5.82 Å². The van der Waals surface area contributed by atoms with Gasteiger partial charge < -0.3 is 10.2 Å². The first-order chi connectivity index (χ1) is 8.69.